The van der Waals surface area contributed by atoms with Crippen molar-refractivity contribution >= 4 is 6.47 Å². The summed E-state index contributed by atoms with van der Waals surface area (Å²) in [5.41, 5.74) is 0. The van der Waals surface area contributed by atoms with Crippen LogP contribution in [-0.2, 0) is 9.63 Å². The van der Waals surface area contributed by atoms with Crippen molar-refractivity contribution in [1.29, 1.82) is 0 Å². The minimum absolute atomic E-state index is 0.250. The van der Waals surface area contributed by atoms with E-state index in [4.69, 9.17) is 15.7 Å². The highest BCUT2D eigenvalue weighted by molar-refractivity contribution is 5.32. The van der Waals surface area contributed by atoms with Crippen molar-refractivity contribution in [3.63, 3.8) is 0 Å². The summed E-state index contributed by atoms with van der Waals surface area (Å²) in [7, 11) is 0. The van der Waals surface area contributed by atoms with Crippen LogP contribution in [0.3, 0.4) is 0 Å². The summed E-state index contributed by atoms with van der Waals surface area (Å²) in [5.74, 6) is 5.11. The third kappa shape index (κ3) is 4.66. The van der Waals surface area contributed by atoms with Crippen LogP contribution in [-0.4, -0.2) is 16.8 Å². The molecule has 56 valence electrons. The van der Waals surface area contributed by atoms with Gasteiger partial charge in [-0.15, -0.1) is 5.17 Å². The summed E-state index contributed by atoms with van der Waals surface area (Å²) in [6.45, 7) is -0.250. The van der Waals surface area contributed by atoms with Crippen molar-refractivity contribution in [2.45, 2.75) is 0 Å². The summed E-state index contributed by atoms with van der Waals surface area (Å²) in [5, 5.41) is 8.01. The van der Waals surface area contributed by atoms with Crippen molar-refractivity contribution in [3.05, 3.63) is 24.6 Å². The first-order chi connectivity index (χ1) is 4.81. The zero-order chi connectivity index (χ0) is 7.82. The Bertz CT molecular complexity index is 144. The minimum atomic E-state index is -0.250. The first-order valence-electron chi connectivity index (χ1n) is 2.43. The number of hydrogen-bond donors (Lipinski definition) is 2. The first kappa shape index (κ1) is 8.51. The third-order valence-electron chi connectivity index (χ3n) is 0.605. The van der Waals surface area contributed by atoms with Crippen molar-refractivity contribution in [2.24, 2.45) is 5.84 Å². The number of nitrogens with two attached hydrogens (primary N) is 1. The van der Waals surface area contributed by atoms with E-state index in [1.165, 1.54) is 6.26 Å². The minimum Gasteiger partial charge on any atom is -0.483 e. The number of rotatable bonds is 0. The average molecular weight is 144 g/mol. The second-order valence-corrected chi connectivity index (χ2v) is 1.24. The highest BCUT2D eigenvalue weighted by Gasteiger charge is 1.86. The smallest absolute Gasteiger partial charge is 0.290 e. The average Bonchev–Trinajstić information content (AvgIpc) is 1.91. The molecule has 1 aliphatic heterocycles. The zero-order valence-corrected chi connectivity index (χ0v) is 5.18. The molecule has 0 spiro atoms. The Morgan fingerprint density at radius 1 is 1.60 bits per heavy atom. The summed E-state index contributed by atoms with van der Waals surface area (Å²) < 4.78 is 0. The van der Waals surface area contributed by atoms with Gasteiger partial charge in [0.15, 0.2) is 0 Å². The maximum absolute atomic E-state index is 8.36. The standard InChI is InChI=1S/C4H6N2O.CH2O2/c5-6-3-1-2-4-7-6;2-1-3/h1-4H,5H2;1H,(H,2,3). The lowest BCUT2D eigenvalue weighted by Crippen LogP contribution is -2.23. The Hall–Kier alpha value is -1.49. The molecule has 0 aliphatic carbocycles. The molecule has 0 saturated carbocycles. The fraction of sp³-hybridized carbons (Fsp3) is 0. The van der Waals surface area contributed by atoms with Gasteiger partial charge < -0.3 is 9.94 Å². The lowest BCUT2D eigenvalue weighted by Gasteiger charge is -2.11. The van der Waals surface area contributed by atoms with Crippen molar-refractivity contribution < 1.29 is 14.7 Å². The Morgan fingerprint density at radius 3 is 2.40 bits per heavy atom. The van der Waals surface area contributed by atoms with Crippen molar-refractivity contribution in [2.75, 3.05) is 0 Å². The van der Waals surface area contributed by atoms with Crippen molar-refractivity contribution in [1.82, 2.24) is 5.17 Å². The summed E-state index contributed by atoms with van der Waals surface area (Å²) in [4.78, 5) is 13.0. The van der Waals surface area contributed by atoms with Gasteiger partial charge in [-0.1, -0.05) is 0 Å². The number of hydrazine groups is 1. The molecule has 1 heterocycles. The van der Waals surface area contributed by atoms with Crippen LogP contribution in [0.1, 0.15) is 0 Å². The van der Waals surface area contributed by atoms with E-state index < -0.39 is 0 Å². The molecule has 1 rings (SSSR count). The quantitative estimate of drug-likeness (QED) is 0.365. The lowest BCUT2D eigenvalue weighted by molar-refractivity contribution is -0.122. The maximum Gasteiger partial charge on any atom is 0.290 e. The molecular weight excluding hydrogens is 136 g/mol. The fourth-order valence-corrected chi connectivity index (χ4v) is 0.320. The van der Waals surface area contributed by atoms with E-state index in [1.54, 1.807) is 18.4 Å². The number of nitrogens with zero attached hydrogens (tertiary/aromatic N) is 1. The fourth-order valence-electron chi connectivity index (χ4n) is 0.320. The van der Waals surface area contributed by atoms with Gasteiger partial charge in [0.05, 0.1) is 6.20 Å². The summed E-state index contributed by atoms with van der Waals surface area (Å²) in [6.07, 6.45) is 6.65. The topological polar surface area (TPSA) is 75.8 Å². The van der Waals surface area contributed by atoms with E-state index in [2.05, 4.69) is 4.84 Å². The predicted molar refractivity (Wildman–Crippen MR) is 34.1 cm³/mol. The number of carbonyl (C=O) groups is 1. The van der Waals surface area contributed by atoms with E-state index in [9.17, 15) is 0 Å². The third-order valence-corrected chi connectivity index (χ3v) is 0.605. The number of allylic oxidation sites excluding steroid dienone is 2. The Balaban J connectivity index is 0.000000236. The zero-order valence-electron chi connectivity index (χ0n) is 5.18. The van der Waals surface area contributed by atoms with Gasteiger partial charge in [0.1, 0.15) is 6.26 Å². The van der Waals surface area contributed by atoms with Crippen LogP contribution >= 0.6 is 0 Å². The van der Waals surface area contributed by atoms with Crippen LogP contribution < -0.4 is 5.84 Å². The molecule has 0 fully saturated rings. The maximum atomic E-state index is 8.36. The molecule has 1 aliphatic rings. The summed E-state index contributed by atoms with van der Waals surface area (Å²) in [6, 6.07) is 0. The monoisotopic (exact) mass is 144 g/mol. The van der Waals surface area contributed by atoms with E-state index >= 15 is 0 Å². The number of carboxylic acid groups (broad SMARTS) is 1. The number of hydrogen-bond acceptors (Lipinski definition) is 4. The van der Waals surface area contributed by atoms with Crippen LogP contribution in [0.15, 0.2) is 24.6 Å². The van der Waals surface area contributed by atoms with Crippen molar-refractivity contribution in [3.8, 4) is 0 Å². The van der Waals surface area contributed by atoms with Gasteiger partial charge in [0, 0.05) is 0 Å². The van der Waals surface area contributed by atoms with Crippen LogP contribution in [0.25, 0.3) is 0 Å². The lowest BCUT2D eigenvalue weighted by atomic mass is 10.6. The molecule has 0 bridgehead atoms. The normalized spacial score (nSPS) is 13.1. The van der Waals surface area contributed by atoms with Crippen LogP contribution in [0.5, 0.6) is 0 Å². The molecule has 0 aromatic rings. The van der Waals surface area contributed by atoms with Gasteiger partial charge in [-0.05, 0) is 12.2 Å². The number of hydroxylamine groups is 1. The Kier molecular flexibility index (Phi) is 4.80. The molecule has 10 heavy (non-hydrogen) atoms. The van der Waals surface area contributed by atoms with Gasteiger partial charge in [0.25, 0.3) is 6.47 Å². The van der Waals surface area contributed by atoms with Gasteiger partial charge >= 0.3 is 0 Å². The summed E-state index contributed by atoms with van der Waals surface area (Å²) >= 11 is 0. The molecular formula is C5H8N2O3. The van der Waals surface area contributed by atoms with E-state index in [0.29, 0.717) is 0 Å². The van der Waals surface area contributed by atoms with E-state index in [0.717, 1.165) is 5.17 Å². The predicted octanol–water partition coefficient (Wildman–Crippen LogP) is -0.165. The highest BCUT2D eigenvalue weighted by atomic mass is 16.7. The second-order valence-electron chi connectivity index (χ2n) is 1.24. The molecule has 3 N–H and O–H groups in total. The van der Waals surface area contributed by atoms with Gasteiger partial charge in [0.2, 0.25) is 0 Å². The molecule has 0 radical (unpaired) electrons. The molecule has 0 aromatic carbocycles. The Labute approximate surface area is 57.9 Å². The van der Waals surface area contributed by atoms with Gasteiger partial charge in [-0.25, -0.2) is 5.84 Å². The van der Waals surface area contributed by atoms with E-state index in [-0.39, 0.29) is 6.47 Å². The van der Waals surface area contributed by atoms with Crippen LogP contribution in [0.2, 0.25) is 0 Å². The van der Waals surface area contributed by atoms with Gasteiger partial charge in [-0.2, -0.15) is 0 Å². The van der Waals surface area contributed by atoms with Crippen LogP contribution in [0.4, 0.5) is 0 Å². The molecule has 0 aromatic heterocycles. The van der Waals surface area contributed by atoms with Crippen LogP contribution in [0, 0.1) is 0 Å². The largest absolute Gasteiger partial charge is 0.483 e. The van der Waals surface area contributed by atoms with Gasteiger partial charge in [-0.3, -0.25) is 4.79 Å². The molecule has 5 nitrogen and oxygen atoms in total. The molecule has 5 heteroatoms. The Morgan fingerprint density at radius 2 is 2.20 bits per heavy atom. The SMILES string of the molecule is NN1C=CC=CO1.O=CO. The molecule has 0 atom stereocenters. The van der Waals surface area contributed by atoms with E-state index in [1.807, 2.05) is 0 Å². The first-order valence-corrected chi connectivity index (χ1v) is 2.43. The molecule has 0 saturated heterocycles. The second kappa shape index (κ2) is 5.64. The molecule has 0 amide bonds. The molecule has 0 unspecified atom stereocenters. The highest BCUT2D eigenvalue weighted by Crippen LogP contribution is 1.91.